The van der Waals surface area contributed by atoms with Gasteiger partial charge < -0.3 is 15.0 Å². The Kier molecular flexibility index (Phi) is 9.47. The first kappa shape index (κ1) is 26.5. The molecule has 3 N–H and O–H groups in total. The molecule has 1 atom stereocenters. The van der Waals surface area contributed by atoms with Crippen molar-refractivity contribution in [1.82, 2.24) is 19.6 Å². The van der Waals surface area contributed by atoms with Gasteiger partial charge >= 0.3 is 5.97 Å². The number of nitrogens with zero attached hydrogens (tertiary/aromatic N) is 2. The number of sulfonamides is 1. The number of carbonyl (C=O) groups is 2. The van der Waals surface area contributed by atoms with Gasteiger partial charge in [0.25, 0.3) is 5.91 Å². The lowest BCUT2D eigenvalue weighted by Crippen LogP contribution is -2.41. The van der Waals surface area contributed by atoms with Gasteiger partial charge in [0.15, 0.2) is 0 Å². The average Bonchev–Trinajstić information content (AvgIpc) is 3.38. The van der Waals surface area contributed by atoms with Crippen molar-refractivity contribution >= 4 is 33.7 Å². The van der Waals surface area contributed by atoms with Crippen LogP contribution in [0.3, 0.4) is 0 Å². The summed E-state index contributed by atoms with van der Waals surface area (Å²) in [5, 5.41) is 12.0. The van der Waals surface area contributed by atoms with Gasteiger partial charge in [-0.1, -0.05) is 30.3 Å². The number of carboxylic acids is 1. The molecule has 2 aromatic carbocycles. The highest BCUT2D eigenvalue weighted by molar-refractivity contribution is 7.98. The van der Waals surface area contributed by atoms with Crippen molar-refractivity contribution in [3.05, 3.63) is 72.8 Å². The maximum atomic E-state index is 13.0. The Labute approximate surface area is 209 Å². The number of aryl methyl sites for hydroxylation is 1. The molecule has 186 valence electrons. The van der Waals surface area contributed by atoms with E-state index < -0.39 is 27.9 Å². The third-order valence-corrected chi connectivity index (χ3v) is 7.39. The number of nitrogens with one attached hydrogen (secondary N) is 2. The topological polar surface area (TPSA) is 130 Å². The number of carboxylic acid groups (broad SMARTS) is 1. The third-order valence-electron chi connectivity index (χ3n) is 5.29. The summed E-state index contributed by atoms with van der Waals surface area (Å²) in [6.07, 6.45) is 7.85. The summed E-state index contributed by atoms with van der Waals surface area (Å²) in [5.41, 5.74) is 1.25. The molecule has 11 heteroatoms. The Morgan fingerprint density at radius 1 is 1.17 bits per heavy atom. The third kappa shape index (κ3) is 7.41. The van der Waals surface area contributed by atoms with Crippen molar-refractivity contribution in [2.24, 2.45) is 0 Å². The molecular weight excluding hydrogens is 488 g/mol. The summed E-state index contributed by atoms with van der Waals surface area (Å²) in [4.78, 5) is 28.6. The predicted molar refractivity (Wildman–Crippen MR) is 136 cm³/mol. The number of carbonyl (C=O) groups excluding carboxylic acids is 1. The lowest BCUT2D eigenvalue weighted by atomic mass is 9.99. The van der Waals surface area contributed by atoms with Crippen LogP contribution in [0.2, 0.25) is 0 Å². The van der Waals surface area contributed by atoms with Gasteiger partial charge in [-0.15, -0.1) is 0 Å². The van der Waals surface area contributed by atoms with E-state index in [-0.39, 0.29) is 23.4 Å². The number of aromatic nitrogens is 2. The molecule has 0 saturated heterocycles. The highest BCUT2D eigenvalue weighted by atomic mass is 32.2. The van der Waals surface area contributed by atoms with Crippen LogP contribution in [0.25, 0.3) is 11.1 Å². The van der Waals surface area contributed by atoms with Gasteiger partial charge in [0, 0.05) is 31.0 Å². The molecule has 3 aromatic rings. The first-order valence-corrected chi connectivity index (χ1v) is 13.9. The Bertz CT molecular complexity index is 1230. The summed E-state index contributed by atoms with van der Waals surface area (Å²) >= 11 is 1.49. The zero-order valence-electron chi connectivity index (χ0n) is 19.3. The molecule has 0 fully saturated rings. The number of rotatable bonds is 13. The second-order valence-electron chi connectivity index (χ2n) is 7.77. The maximum absolute atomic E-state index is 13.0. The molecule has 0 spiro atoms. The number of imidazole rings is 1. The van der Waals surface area contributed by atoms with E-state index in [1.807, 2.05) is 16.9 Å². The zero-order valence-corrected chi connectivity index (χ0v) is 20.9. The molecule has 9 nitrogen and oxygen atoms in total. The van der Waals surface area contributed by atoms with Crippen molar-refractivity contribution in [2.45, 2.75) is 30.3 Å². The fourth-order valence-corrected chi connectivity index (χ4v) is 5.02. The molecule has 1 aromatic heterocycles. The highest BCUT2D eigenvalue weighted by Gasteiger charge is 2.24. The van der Waals surface area contributed by atoms with Crippen LogP contribution in [0.5, 0.6) is 0 Å². The van der Waals surface area contributed by atoms with Crippen LogP contribution in [0, 0.1) is 0 Å². The number of thioether (sulfide) groups is 1. The SMILES string of the molecule is CSCC[C@H](NC(=O)c1ccc(S(=O)(=O)NCCCn2ccnc2)cc1-c1ccccc1)C(=O)O. The van der Waals surface area contributed by atoms with Crippen LogP contribution < -0.4 is 10.0 Å². The summed E-state index contributed by atoms with van der Waals surface area (Å²) in [5.74, 6) is -1.12. The summed E-state index contributed by atoms with van der Waals surface area (Å²) in [6, 6.07) is 12.1. The second kappa shape index (κ2) is 12.5. The van der Waals surface area contributed by atoms with E-state index in [9.17, 15) is 23.1 Å². The predicted octanol–water partition coefficient (Wildman–Crippen LogP) is 2.85. The molecule has 1 heterocycles. The first-order valence-electron chi connectivity index (χ1n) is 11.0. The van der Waals surface area contributed by atoms with Crippen LogP contribution in [-0.4, -0.2) is 59.5 Å². The monoisotopic (exact) mass is 516 g/mol. The van der Waals surface area contributed by atoms with Gasteiger partial charge in [-0.25, -0.2) is 22.9 Å². The number of hydrogen-bond donors (Lipinski definition) is 3. The molecule has 0 unspecified atom stereocenters. The van der Waals surface area contributed by atoms with Gasteiger partial charge in [0.2, 0.25) is 10.0 Å². The van der Waals surface area contributed by atoms with Gasteiger partial charge in [0.05, 0.1) is 11.2 Å². The van der Waals surface area contributed by atoms with E-state index in [0.29, 0.717) is 29.8 Å². The van der Waals surface area contributed by atoms with Gasteiger partial charge in [-0.3, -0.25) is 4.79 Å². The number of amides is 1. The zero-order chi connectivity index (χ0) is 25.3. The maximum Gasteiger partial charge on any atom is 0.326 e. The van der Waals surface area contributed by atoms with Crippen molar-refractivity contribution in [3.63, 3.8) is 0 Å². The van der Waals surface area contributed by atoms with Crippen molar-refractivity contribution in [2.75, 3.05) is 18.6 Å². The van der Waals surface area contributed by atoms with E-state index in [1.165, 1.54) is 30.0 Å². The minimum absolute atomic E-state index is 0.0210. The highest BCUT2D eigenvalue weighted by Crippen LogP contribution is 2.27. The Balaban J connectivity index is 1.83. The van der Waals surface area contributed by atoms with Crippen LogP contribution >= 0.6 is 11.8 Å². The van der Waals surface area contributed by atoms with Gasteiger partial charge in [-0.2, -0.15) is 11.8 Å². The standard InChI is InChI=1S/C24H28N4O5S2/c1-34-15-10-22(24(30)31)27-23(29)20-9-8-19(16-21(20)18-6-3-2-4-7-18)35(32,33)26-11-5-13-28-14-12-25-17-28/h2-4,6-9,12,14,16-17,22,26H,5,10-11,13,15H2,1H3,(H,27,29)(H,30,31)/t22-/m0/s1. The van der Waals surface area contributed by atoms with E-state index in [1.54, 1.807) is 43.0 Å². The lowest BCUT2D eigenvalue weighted by Gasteiger charge is -2.17. The number of hydrogen-bond acceptors (Lipinski definition) is 6. The van der Waals surface area contributed by atoms with Crippen LogP contribution in [0.1, 0.15) is 23.2 Å². The Morgan fingerprint density at radius 3 is 2.60 bits per heavy atom. The van der Waals surface area contributed by atoms with E-state index in [4.69, 9.17) is 0 Å². The molecule has 0 aliphatic rings. The molecule has 35 heavy (non-hydrogen) atoms. The fraction of sp³-hybridized carbons (Fsp3) is 0.292. The van der Waals surface area contributed by atoms with E-state index in [0.717, 1.165) is 0 Å². The van der Waals surface area contributed by atoms with Crippen molar-refractivity contribution in [1.29, 1.82) is 0 Å². The molecule has 1 amide bonds. The summed E-state index contributed by atoms with van der Waals surface area (Å²) in [6.45, 7) is 0.858. The van der Waals surface area contributed by atoms with Crippen LogP contribution in [0.4, 0.5) is 0 Å². The molecule has 0 bridgehead atoms. The molecule has 0 saturated carbocycles. The largest absolute Gasteiger partial charge is 0.480 e. The minimum Gasteiger partial charge on any atom is -0.480 e. The lowest BCUT2D eigenvalue weighted by molar-refractivity contribution is -0.139. The Morgan fingerprint density at radius 2 is 1.94 bits per heavy atom. The average molecular weight is 517 g/mol. The fourth-order valence-electron chi connectivity index (χ4n) is 3.44. The molecule has 0 aliphatic heterocycles. The van der Waals surface area contributed by atoms with Crippen LogP contribution in [0.15, 0.2) is 72.1 Å². The van der Waals surface area contributed by atoms with Crippen molar-refractivity contribution in [3.8, 4) is 11.1 Å². The van der Waals surface area contributed by atoms with Crippen molar-refractivity contribution < 1.29 is 23.1 Å². The van der Waals surface area contributed by atoms with Gasteiger partial charge in [-0.05, 0) is 54.2 Å². The summed E-state index contributed by atoms with van der Waals surface area (Å²) < 4.78 is 30.3. The first-order chi connectivity index (χ1) is 16.8. The number of aliphatic carboxylic acids is 1. The summed E-state index contributed by atoms with van der Waals surface area (Å²) in [7, 11) is -3.83. The van der Waals surface area contributed by atoms with E-state index in [2.05, 4.69) is 15.0 Å². The molecule has 0 aliphatic carbocycles. The second-order valence-corrected chi connectivity index (χ2v) is 10.5. The Hall–Kier alpha value is -3.15. The smallest absolute Gasteiger partial charge is 0.326 e. The normalized spacial score (nSPS) is 12.3. The molecular formula is C24H28N4O5S2. The van der Waals surface area contributed by atoms with Gasteiger partial charge in [0.1, 0.15) is 6.04 Å². The quantitative estimate of drug-likeness (QED) is 0.298. The number of benzene rings is 2. The molecule has 3 rings (SSSR count). The minimum atomic E-state index is -3.83. The van der Waals surface area contributed by atoms with Crippen LogP contribution in [-0.2, 0) is 21.4 Å². The molecule has 0 radical (unpaired) electrons. The van der Waals surface area contributed by atoms with E-state index >= 15 is 0 Å².